The van der Waals surface area contributed by atoms with Crippen LogP contribution in [-0.2, 0) is 6.54 Å². The molecule has 0 saturated carbocycles. The first kappa shape index (κ1) is 7.83. The zero-order valence-corrected chi connectivity index (χ0v) is 6.54. The van der Waals surface area contributed by atoms with Crippen LogP contribution in [0.2, 0.25) is 0 Å². The van der Waals surface area contributed by atoms with Crippen LogP contribution in [0.3, 0.4) is 0 Å². The number of imidazole rings is 1. The maximum absolute atomic E-state index is 5.23. The Morgan fingerprint density at radius 2 is 2.55 bits per heavy atom. The van der Waals surface area contributed by atoms with E-state index in [1.54, 1.807) is 6.20 Å². The van der Waals surface area contributed by atoms with Crippen LogP contribution >= 0.6 is 0 Å². The van der Waals surface area contributed by atoms with E-state index in [2.05, 4.69) is 23.7 Å². The monoisotopic (exact) mass is 149 g/mol. The van der Waals surface area contributed by atoms with Gasteiger partial charge in [-0.1, -0.05) is 5.92 Å². The predicted molar refractivity (Wildman–Crippen MR) is 43.8 cm³/mol. The van der Waals surface area contributed by atoms with Crippen LogP contribution < -0.4 is 5.73 Å². The second kappa shape index (κ2) is 3.79. The lowest BCUT2D eigenvalue weighted by Crippen LogP contribution is -1.98. The van der Waals surface area contributed by atoms with E-state index in [1.165, 1.54) is 0 Å². The van der Waals surface area contributed by atoms with E-state index in [4.69, 9.17) is 5.73 Å². The summed E-state index contributed by atoms with van der Waals surface area (Å²) in [5.41, 5.74) is 5.23. The molecule has 0 unspecified atom stereocenters. The van der Waals surface area contributed by atoms with Crippen molar-refractivity contribution in [2.75, 3.05) is 6.54 Å². The third-order valence-electron chi connectivity index (χ3n) is 1.36. The molecule has 0 bridgehead atoms. The Morgan fingerprint density at radius 3 is 3.18 bits per heavy atom. The van der Waals surface area contributed by atoms with Gasteiger partial charge in [-0.2, -0.15) is 0 Å². The summed E-state index contributed by atoms with van der Waals surface area (Å²) in [5.74, 6) is 6.43. The highest BCUT2D eigenvalue weighted by molar-refractivity contribution is 5.21. The maximum Gasteiger partial charge on any atom is 0.185 e. The Bertz CT molecular complexity index is 277. The Kier molecular flexibility index (Phi) is 2.70. The second-order valence-corrected chi connectivity index (χ2v) is 2.04. The van der Waals surface area contributed by atoms with Crippen molar-refractivity contribution in [1.82, 2.24) is 9.55 Å². The fraction of sp³-hybridized carbons (Fsp3) is 0.375. The highest BCUT2D eigenvalue weighted by Gasteiger charge is 1.93. The van der Waals surface area contributed by atoms with Crippen LogP contribution in [0, 0.1) is 11.8 Å². The molecule has 0 aliphatic rings. The summed E-state index contributed by atoms with van der Waals surface area (Å²) < 4.78 is 1.97. The number of aromatic nitrogens is 2. The maximum atomic E-state index is 5.23. The van der Waals surface area contributed by atoms with Gasteiger partial charge in [-0.25, -0.2) is 4.98 Å². The van der Waals surface area contributed by atoms with E-state index in [9.17, 15) is 0 Å². The first-order valence-electron chi connectivity index (χ1n) is 3.58. The molecule has 1 rings (SSSR count). The quantitative estimate of drug-likeness (QED) is 0.580. The summed E-state index contributed by atoms with van der Waals surface area (Å²) in [6, 6.07) is 0. The van der Waals surface area contributed by atoms with Crippen LogP contribution in [0.15, 0.2) is 12.4 Å². The van der Waals surface area contributed by atoms with Gasteiger partial charge in [0.2, 0.25) is 0 Å². The van der Waals surface area contributed by atoms with Crippen LogP contribution in [0.5, 0.6) is 0 Å². The van der Waals surface area contributed by atoms with Crippen LogP contribution in [0.1, 0.15) is 12.7 Å². The minimum absolute atomic E-state index is 0.385. The van der Waals surface area contributed by atoms with Crippen LogP contribution in [0.4, 0.5) is 0 Å². The molecule has 0 aliphatic carbocycles. The van der Waals surface area contributed by atoms with Crippen LogP contribution in [0.25, 0.3) is 0 Å². The SMILES string of the molecule is CCn1ccnc1C#CCN. The Hall–Kier alpha value is -1.27. The van der Waals surface area contributed by atoms with E-state index in [1.807, 2.05) is 10.8 Å². The van der Waals surface area contributed by atoms with E-state index >= 15 is 0 Å². The summed E-state index contributed by atoms with van der Waals surface area (Å²) in [5, 5.41) is 0. The molecule has 0 amide bonds. The second-order valence-electron chi connectivity index (χ2n) is 2.04. The molecule has 0 aromatic carbocycles. The summed E-state index contributed by atoms with van der Waals surface area (Å²) >= 11 is 0. The lowest BCUT2D eigenvalue weighted by molar-refractivity contribution is 0.750. The molecule has 0 atom stereocenters. The lowest BCUT2D eigenvalue weighted by Gasteiger charge is -1.95. The van der Waals surface area contributed by atoms with Gasteiger partial charge in [0, 0.05) is 18.9 Å². The van der Waals surface area contributed by atoms with Gasteiger partial charge in [0.1, 0.15) is 0 Å². The number of aryl methyl sites for hydroxylation is 1. The number of rotatable bonds is 1. The summed E-state index contributed by atoms with van der Waals surface area (Å²) in [7, 11) is 0. The minimum atomic E-state index is 0.385. The van der Waals surface area contributed by atoms with E-state index < -0.39 is 0 Å². The van der Waals surface area contributed by atoms with E-state index in [-0.39, 0.29) is 0 Å². The molecule has 2 N–H and O–H groups in total. The molecular formula is C8H11N3. The van der Waals surface area contributed by atoms with Crippen molar-refractivity contribution in [3.05, 3.63) is 18.2 Å². The number of hydrogen-bond acceptors (Lipinski definition) is 2. The predicted octanol–water partition coefficient (Wildman–Crippen LogP) is 0.213. The first-order valence-corrected chi connectivity index (χ1v) is 3.58. The molecule has 0 spiro atoms. The molecule has 0 saturated heterocycles. The Labute approximate surface area is 66.2 Å². The molecule has 11 heavy (non-hydrogen) atoms. The molecule has 58 valence electrons. The summed E-state index contributed by atoms with van der Waals surface area (Å²) in [4.78, 5) is 4.06. The van der Waals surface area contributed by atoms with Crippen molar-refractivity contribution < 1.29 is 0 Å². The molecule has 3 nitrogen and oxygen atoms in total. The zero-order valence-electron chi connectivity index (χ0n) is 6.54. The first-order chi connectivity index (χ1) is 5.38. The van der Waals surface area contributed by atoms with Crippen molar-refractivity contribution in [3.8, 4) is 11.8 Å². The fourth-order valence-corrected chi connectivity index (χ4v) is 0.819. The summed E-state index contributed by atoms with van der Waals surface area (Å²) in [6.45, 7) is 3.33. The third kappa shape index (κ3) is 1.82. The van der Waals surface area contributed by atoms with Crippen molar-refractivity contribution in [1.29, 1.82) is 0 Å². The number of nitrogens with two attached hydrogens (primary N) is 1. The third-order valence-corrected chi connectivity index (χ3v) is 1.36. The van der Waals surface area contributed by atoms with E-state index in [0.717, 1.165) is 12.4 Å². The fourth-order valence-electron chi connectivity index (χ4n) is 0.819. The van der Waals surface area contributed by atoms with Gasteiger partial charge in [0.25, 0.3) is 0 Å². The topological polar surface area (TPSA) is 43.8 Å². The average Bonchev–Trinajstić information content (AvgIpc) is 2.47. The smallest absolute Gasteiger partial charge is 0.185 e. The van der Waals surface area contributed by atoms with Crippen molar-refractivity contribution in [2.24, 2.45) is 5.73 Å². The number of hydrogen-bond donors (Lipinski definition) is 1. The molecule has 1 heterocycles. The van der Waals surface area contributed by atoms with Gasteiger partial charge in [0.05, 0.1) is 6.54 Å². The van der Waals surface area contributed by atoms with Gasteiger partial charge in [-0.3, -0.25) is 0 Å². The van der Waals surface area contributed by atoms with Crippen LogP contribution in [-0.4, -0.2) is 16.1 Å². The normalized spacial score (nSPS) is 8.91. The van der Waals surface area contributed by atoms with Gasteiger partial charge < -0.3 is 10.3 Å². The molecule has 0 radical (unpaired) electrons. The van der Waals surface area contributed by atoms with Gasteiger partial charge in [0.15, 0.2) is 5.82 Å². The standard InChI is InChI=1S/C8H11N3/c1-2-11-7-6-10-8(11)4-3-5-9/h6-7H,2,5,9H2,1H3. The Morgan fingerprint density at radius 1 is 1.73 bits per heavy atom. The number of nitrogens with zero attached hydrogens (tertiary/aromatic N) is 2. The van der Waals surface area contributed by atoms with E-state index in [0.29, 0.717) is 6.54 Å². The Balaban J connectivity index is 2.84. The van der Waals surface area contributed by atoms with Gasteiger partial charge >= 0.3 is 0 Å². The molecule has 0 aliphatic heterocycles. The van der Waals surface area contributed by atoms with Gasteiger partial charge in [-0.15, -0.1) is 0 Å². The zero-order chi connectivity index (χ0) is 8.10. The molecule has 0 fully saturated rings. The van der Waals surface area contributed by atoms with Gasteiger partial charge in [-0.05, 0) is 12.8 Å². The molecule has 1 aromatic heterocycles. The van der Waals surface area contributed by atoms with Crippen molar-refractivity contribution >= 4 is 0 Å². The highest BCUT2D eigenvalue weighted by Crippen LogP contribution is 1.93. The van der Waals surface area contributed by atoms with Crippen molar-refractivity contribution in [2.45, 2.75) is 13.5 Å². The molecular weight excluding hydrogens is 138 g/mol. The largest absolute Gasteiger partial charge is 0.325 e. The summed E-state index contributed by atoms with van der Waals surface area (Å²) in [6.07, 6.45) is 3.64. The molecule has 3 heteroatoms. The van der Waals surface area contributed by atoms with Crippen molar-refractivity contribution in [3.63, 3.8) is 0 Å². The average molecular weight is 149 g/mol. The molecule has 1 aromatic rings. The lowest BCUT2D eigenvalue weighted by atomic mass is 10.5. The highest BCUT2D eigenvalue weighted by atomic mass is 15.0. The minimum Gasteiger partial charge on any atom is -0.325 e.